The lowest BCUT2D eigenvalue weighted by atomic mass is 10.2. The van der Waals surface area contributed by atoms with Crippen molar-refractivity contribution in [1.82, 2.24) is 24.7 Å². The zero-order valence-electron chi connectivity index (χ0n) is 14.8. The van der Waals surface area contributed by atoms with Gasteiger partial charge in [0.1, 0.15) is 29.3 Å². The molecule has 1 aliphatic rings. The predicted molar refractivity (Wildman–Crippen MR) is 101 cm³/mol. The summed E-state index contributed by atoms with van der Waals surface area (Å²) in [5.74, 6) is -0.344. The van der Waals surface area contributed by atoms with Gasteiger partial charge >= 0.3 is 5.69 Å². The van der Waals surface area contributed by atoms with Crippen LogP contribution in [0.1, 0.15) is 23.1 Å². The maximum atomic E-state index is 14.1. The van der Waals surface area contributed by atoms with E-state index >= 15 is 0 Å². The number of nitrogens with one attached hydrogen (secondary N) is 3. The number of nitrogens with zero attached hydrogens (tertiary/aromatic N) is 4. The van der Waals surface area contributed by atoms with E-state index in [9.17, 15) is 13.6 Å². The first-order valence-corrected chi connectivity index (χ1v) is 8.68. The third-order valence-corrected chi connectivity index (χ3v) is 4.62. The standard InChI is InChI=1S/C18H14F2N8O/c19-9-5-10-12(15-24-14(21)13-16(25-15)26-18(29)23-13)27-28(17(10)22-6-9)7-8-3-1-2-4-11(8)20/h1-6,14H,7,21H2,(H,24,25)(H2,23,26,29). The van der Waals surface area contributed by atoms with Crippen LogP contribution in [0.3, 0.4) is 0 Å². The summed E-state index contributed by atoms with van der Waals surface area (Å²) < 4.78 is 29.5. The number of fused-ring (bicyclic) bond motifs is 2. The Kier molecular flexibility index (Phi) is 3.77. The summed E-state index contributed by atoms with van der Waals surface area (Å²) in [5.41, 5.74) is 7.03. The Morgan fingerprint density at radius 2 is 2.03 bits per heavy atom. The lowest BCUT2D eigenvalue weighted by Crippen LogP contribution is -2.25. The number of benzene rings is 1. The highest BCUT2D eigenvalue weighted by molar-refractivity contribution is 6.14. The van der Waals surface area contributed by atoms with Gasteiger partial charge in [-0.25, -0.2) is 28.2 Å². The topological polar surface area (TPSA) is 130 Å². The average molecular weight is 396 g/mol. The number of aromatic nitrogens is 5. The molecule has 5 rings (SSSR count). The van der Waals surface area contributed by atoms with Crippen molar-refractivity contribution in [1.29, 1.82) is 0 Å². The Balaban J connectivity index is 1.64. The Bertz CT molecular complexity index is 1340. The van der Waals surface area contributed by atoms with Crippen LogP contribution in [0.5, 0.6) is 0 Å². The Morgan fingerprint density at radius 3 is 2.86 bits per heavy atom. The van der Waals surface area contributed by atoms with Crippen molar-refractivity contribution in [3.05, 3.63) is 75.6 Å². The van der Waals surface area contributed by atoms with Gasteiger partial charge in [0, 0.05) is 5.56 Å². The molecule has 4 aromatic rings. The first-order chi connectivity index (χ1) is 14.0. The van der Waals surface area contributed by atoms with Gasteiger partial charge in [-0.15, -0.1) is 0 Å². The van der Waals surface area contributed by atoms with Crippen molar-refractivity contribution < 1.29 is 8.78 Å². The second kappa shape index (κ2) is 6.34. The number of halogens is 2. The Morgan fingerprint density at radius 1 is 1.21 bits per heavy atom. The second-order valence-corrected chi connectivity index (χ2v) is 6.54. The first-order valence-electron chi connectivity index (χ1n) is 8.68. The minimum absolute atomic E-state index is 0.0907. The molecule has 1 aromatic carbocycles. The molecule has 1 unspecified atom stereocenters. The maximum Gasteiger partial charge on any atom is 0.324 e. The summed E-state index contributed by atoms with van der Waals surface area (Å²) >= 11 is 0. The number of aromatic amines is 2. The van der Waals surface area contributed by atoms with Gasteiger partial charge in [-0.3, -0.25) is 4.98 Å². The fraction of sp³-hybridized carbons (Fsp3) is 0.111. The second-order valence-electron chi connectivity index (χ2n) is 6.54. The molecule has 0 aliphatic carbocycles. The summed E-state index contributed by atoms with van der Waals surface area (Å²) in [6, 6.07) is 7.57. The van der Waals surface area contributed by atoms with Crippen LogP contribution in [0.2, 0.25) is 0 Å². The molecule has 29 heavy (non-hydrogen) atoms. The smallest absolute Gasteiger partial charge is 0.323 e. The van der Waals surface area contributed by atoms with Gasteiger partial charge in [0.25, 0.3) is 0 Å². The Hall–Kier alpha value is -3.86. The fourth-order valence-corrected chi connectivity index (χ4v) is 3.30. The van der Waals surface area contributed by atoms with E-state index in [1.165, 1.54) is 16.8 Å². The lowest BCUT2D eigenvalue weighted by molar-refractivity contribution is 0.588. The monoisotopic (exact) mass is 396 g/mol. The highest BCUT2D eigenvalue weighted by atomic mass is 19.1. The van der Waals surface area contributed by atoms with E-state index in [0.717, 1.165) is 6.20 Å². The fourth-order valence-electron chi connectivity index (χ4n) is 3.30. The highest BCUT2D eigenvalue weighted by Crippen LogP contribution is 2.26. The van der Waals surface area contributed by atoms with Crippen molar-refractivity contribution in [2.75, 3.05) is 5.32 Å². The van der Waals surface area contributed by atoms with Crippen molar-refractivity contribution in [2.24, 2.45) is 10.7 Å². The number of hydrogen-bond donors (Lipinski definition) is 4. The summed E-state index contributed by atoms with van der Waals surface area (Å²) in [5, 5.41) is 7.80. The number of pyridine rings is 1. The van der Waals surface area contributed by atoms with Crippen LogP contribution < -0.4 is 16.7 Å². The normalized spacial score (nSPS) is 15.8. The van der Waals surface area contributed by atoms with Gasteiger partial charge < -0.3 is 16.0 Å². The molecule has 0 spiro atoms. The van der Waals surface area contributed by atoms with E-state index in [1.807, 2.05) is 0 Å². The van der Waals surface area contributed by atoms with Crippen LogP contribution in [0.25, 0.3) is 11.0 Å². The molecular weight excluding hydrogens is 382 g/mol. The van der Waals surface area contributed by atoms with Crippen LogP contribution >= 0.6 is 0 Å². The van der Waals surface area contributed by atoms with Crippen LogP contribution in [0, 0.1) is 11.6 Å². The van der Waals surface area contributed by atoms with Crippen LogP contribution in [-0.2, 0) is 6.54 Å². The van der Waals surface area contributed by atoms with E-state index in [2.05, 4.69) is 30.4 Å². The number of H-pyrrole nitrogens is 2. The van der Waals surface area contributed by atoms with Crippen molar-refractivity contribution in [3.8, 4) is 0 Å². The van der Waals surface area contributed by atoms with Gasteiger partial charge in [-0.05, 0) is 12.1 Å². The molecule has 146 valence electrons. The molecule has 3 aromatic heterocycles. The molecule has 1 atom stereocenters. The summed E-state index contributed by atoms with van der Waals surface area (Å²) in [7, 11) is 0. The van der Waals surface area contributed by atoms with Gasteiger partial charge in [-0.1, -0.05) is 18.2 Å². The number of anilines is 1. The zero-order chi connectivity index (χ0) is 20.1. The molecule has 9 nitrogen and oxygen atoms in total. The van der Waals surface area contributed by atoms with E-state index < -0.39 is 17.7 Å². The molecule has 0 fully saturated rings. The van der Waals surface area contributed by atoms with Crippen molar-refractivity contribution in [2.45, 2.75) is 12.7 Å². The molecule has 0 amide bonds. The molecule has 5 N–H and O–H groups in total. The molecule has 1 aliphatic heterocycles. The number of hydrogen-bond acceptors (Lipinski definition) is 6. The van der Waals surface area contributed by atoms with E-state index in [-0.39, 0.29) is 23.9 Å². The van der Waals surface area contributed by atoms with Crippen molar-refractivity contribution >= 4 is 22.7 Å². The molecule has 0 radical (unpaired) electrons. The largest absolute Gasteiger partial charge is 0.324 e. The summed E-state index contributed by atoms with van der Waals surface area (Å²) in [6.45, 7) is 0.0907. The third-order valence-electron chi connectivity index (χ3n) is 4.62. The molecular formula is C18H14F2N8O. The Labute approximate surface area is 161 Å². The molecule has 0 saturated heterocycles. The van der Waals surface area contributed by atoms with Gasteiger partial charge in [-0.2, -0.15) is 5.10 Å². The number of amidine groups is 1. The van der Waals surface area contributed by atoms with Crippen LogP contribution in [0.4, 0.5) is 14.6 Å². The molecule has 0 bridgehead atoms. The molecule has 0 saturated carbocycles. The van der Waals surface area contributed by atoms with Crippen LogP contribution in [-0.4, -0.2) is 30.6 Å². The van der Waals surface area contributed by atoms with Gasteiger partial charge in [0.05, 0.1) is 23.8 Å². The van der Waals surface area contributed by atoms with Gasteiger partial charge in [0.15, 0.2) is 11.5 Å². The quantitative estimate of drug-likeness (QED) is 0.418. The van der Waals surface area contributed by atoms with Gasteiger partial charge in [0.2, 0.25) is 0 Å². The minimum atomic E-state index is -0.839. The van der Waals surface area contributed by atoms with Crippen LogP contribution in [0.15, 0.2) is 46.3 Å². The third kappa shape index (κ3) is 2.88. The number of aliphatic imine (C=N–C) groups is 1. The number of nitrogens with two attached hydrogens (primary N) is 1. The average Bonchev–Trinajstić information content (AvgIpc) is 3.23. The van der Waals surface area contributed by atoms with E-state index in [4.69, 9.17) is 5.73 Å². The molecule has 4 heterocycles. The SMILES string of the molecule is NC1N=C(c2nn(Cc3ccccc3F)c3ncc(F)cc23)Nc2[nH]c(=O)[nH]c21. The highest BCUT2D eigenvalue weighted by Gasteiger charge is 2.26. The summed E-state index contributed by atoms with van der Waals surface area (Å²) in [6.07, 6.45) is 0.225. The van der Waals surface area contributed by atoms with Crippen molar-refractivity contribution in [3.63, 3.8) is 0 Å². The predicted octanol–water partition coefficient (Wildman–Crippen LogP) is 1.60. The first kappa shape index (κ1) is 17.3. The molecule has 11 heteroatoms. The summed E-state index contributed by atoms with van der Waals surface area (Å²) in [4.78, 5) is 25.1. The lowest BCUT2D eigenvalue weighted by Gasteiger charge is -2.17. The minimum Gasteiger partial charge on any atom is -0.323 e. The van der Waals surface area contributed by atoms with E-state index in [0.29, 0.717) is 28.1 Å². The maximum absolute atomic E-state index is 14.1. The zero-order valence-corrected chi connectivity index (χ0v) is 14.8. The number of imidazole rings is 1. The van der Waals surface area contributed by atoms with E-state index in [1.54, 1.807) is 18.2 Å². The number of rotatable bonds is 3.